The van der Waals surface area contributed by atoms with Crippen LogP contribution >= 0.6 is 15.4 Å². The molecule has 2 heterocycles. The average molecular weight is 462 g/mol. The molecule has 4 unspecified atom stereocenters. The normalized spacial score (nSPS) is 23.8. The molecule has 1 aromatic heterocycles. The van der Waals surface area contributed by atoms with E-state index in [0.29, 0.717) is 17.3 Å². The van der Waals surface area contributed by atoms with Gasteiger partial charge in [0.15, 0.2) is 0 Å². The Morgan fingerprint density at radius 1 is 1.34 bits per heavy atom. The fraction of sp³-hybridized carbons (Fsp3) is 0.714. The molecular weight excluding hydrogens is 437 g/mol. The van der Waals surface area contributed by atoms with E-state index < -0.39 is 46.2 Å². The summed E-state index contributed by atoms with van der Waals surface area (Å²) in [7, 11) is -4.38. The van der Waals surface area contributed by atoms with Gasteiger partial charge in [-0.2, -0.15) is 4.98 Å². The number of anilines is 1. The Labute approximate surface area is 191 Å². The molecule has 1 saturated heterocycles. The van der Waals surface area contributed by atoms with Gasteiger partial charge in [-0.3, -0.25) is 13.4 Å². The molecule has 1 aliphatic rings. The predicted molar refractivity (Wildman–Crippen MR) is 96.1 cm³/mol. The third kappa shape index (κ3) is 9.28. The number of nitrogen functional groups attached to an aromatic ring is 1. The molecule has 0 spiro atoms. The van der Waals surface area contributed by atoms with Gasteiger partial charge in [-0.05, 0) is 18.9 Å². The van der Waals surface area contributed by atoms with Crippen LogP contribution in [0.4, 0.5) is 5.82 Å². The number of nitrogens with two attached hydrogens (primary N) is 1. The Morgan fingerprint density at radius 2 is 2.00 bits per heavy atom. The van der Waals surface area contributed by atoms with Gasteiger partial charge in [0.05, 0.1) is 46.6 Å². The minimum absolute atomic E-state index is 0. The van der Waals surface area contributed by atoms with Crippen molar-refractivity contribution in [2.45, 2.75) is 25.2 Å². The van der Waals surface area contributed by atoms with Crippen molar-refractivity contribution in [3.8, 4) is 0 Å². The number of phosphoric ester groups is 1. The molecule has 1 aromatic rings. The number of rotatable bonds is 9. The van der Waals surface area contributed by atoms with Crippen LogP contribution in [0, 0.1) is 0 Å². The molecule has 1 aliphatic heterocycles. The first-order valence-corrected chi connectivity index (χ1v) is 11.7. The first-order valence-electron chi connectivity index (χ1n) is 8.54. The molecule has 2 rings (SSSR count). The molecule has 29 heavy (non-hydrogen) atoms. The molecule has 15 heteroatoms. The van der Waals surface area contributed by atoms with E-state index in [9.17, 15) is 23.7 Å². The summed E-state index contributed by atoms with van der Waals surface area (Å²) < 4.78 is 39.8. The van der Waals surface area contributed by atoms with Crippen molar-refractivity contribution in [1.29, 1.82) is 0 Å². The Hall–Kier alpha value is -0.100. The predicted octanol–water partition coefficient (Wildman–Crippen LogP) is -3.73. The molecule has 0 aliphatic carbocycles. The van der Waals surface area contributed by atoms with Crippen molar-refractivity contribution in [1.82, 2.24) is 9.55 Å². The van der Waals surface area contributed by atoms with Crippen molar-refractivity contribution >= 4 is 21.2 Å². The third-order valence-corrected chi connectivity index (χ3v) is 6.94. The molecular formula is C14H25N4NaO8P2. The van der Waals surface area contributed by atoms with Crippen LogP contribution in [0.3, 0.4) is 0 Å². The molecule has 12 nitrogen and oxygen atoms in total. The Balaban J connectivity index is 0.00000420. The van der Waals surface area contributed by atoms with Crippen LogP contribution < -0.4 is 50.8 Å². The van der Waals surface area contributed by atoms with Crippen LogP contribution in [0.15, 0.2) is 17.1 Å². The van der Waals surface area contributed by atoms with Gasteiger partial charge in [0.1, 0.15) is 19.6 Å². The summed E-state index contributed by atoms with van der Waals surface area (Å²) in [5.74, 6) is 0.0795. The van der Waals surface area contributed by atoms with E-state index in [-0.39, 0.29) is 41.9 Å². The van der Waals surface area contributed by atoms with Crippen LogP contribution in [-0.2, 0) is 22.7 Å². The van der Waals surface area contributed by atoms with Gasteiger partial charge >= 0.3 is 35.2 Å². The molecule has 160 valence electrons. The minimum Gasteiger partial charge on any atom is -0.778 e. The van der Waals surface area contributed by atoms with E-state index >= 15 is 0 Å². The third-order valence-electron chi connectivity index (χ3n) is 3.93. The van der Waals surface area contributed by atoms with Crippen molar-refractivity contribution in [2.24, 2.45) is 0 Å². The molecule has 1 fully saturated rings. The molecule has 0 bridgehead atoms. The molecule has 0 amide bonds. The van der Waals surface area contributed by atoms with Crippen LogP contribution in [-0.4, -0.2) is 60.6 Å². The maximum absolute atomic E-state index is 11.8. The number of quaternary nitrogens is 1. The fourth-order valence-corrected chi connectivity index (χ4v) is 5.40. The summed E-state index contributed by atoms with van der Waals surface area (Å²) in [5.41, 5.74) is 4.84. The van der Waals surface area contributed by atoms with Crippen molar-refractivity contribution < 1.29 is 66.5 Å². The topological polar surface area (TPSA) is 169 Å². The van der Waals surface area contributed by atoms with Gasteiger partial charge in [-0.15, -0.1) is 0 Å². The zero-order valence-corrected chi connectivity index (χ0v) is 20.7. The first-order chi connectivity index (χ1) is 12.8. The maximum Gasteiger partial charge on any atom is 1.00 e. The van der Waals surface area contributed by atoms with Gasteiger partial charge < -0.3 is 33.8 Å². The van der Waals surface area contributed by atoms with Crippen LogP contribution in [0.2, 0.25) is 0 Å². The zero-order chi connectivity index (χ0) is 21.2. The molecule has 0 aromatic carbocycles. The largest absolute Gasteiger partial charge is 1.00 e. The van der Waals surface area contributed by atoms with Gasteiger partial charge in [0, 0.05) is 6.20 Å². The van der Waals surface area contributed by atoms with Crippen LogP contribution in [0.25, 0.3) is 0 Å². The summed E-state index contributed by atoms with van der Waals surface area (Å²) in [6.07, 6.45) is 0.516. The number of nitrogens with zero attached hydrogens (tertiary/aromatic N) is 3. The quantitative estimate of drug-likeness (QED) is 0.219. The molecule has 4 atom stereocenters. The number of aromatic nitrogens is 2. The standard InChI is InChI=1S/C14H26N4O8P2.Na/c1-18(2,3)8-9-27(20,21)26-28(22,23)24-10-11-4-5-13(25-11)17-7-6-12(15)16-14(17)19;/h6-7,11,13H,4-5,8-10H2,1-3H3,(H3-,15,16,19,20,21,22,23);/q;+1/p-1. The van der Waals surface area contributed by atoms with E-state index in [1.54, 1.807) is 21.1 Å². The average Bonchev–Trinajstić information content (AvgIpc) is 2.98. The SMILES string of the molecule is C[N+](C)(C)CCP(=O)([O-])OP(=O)([O-])OCC1CCC(n2ccc(N)nc2=O)O1.[Na+]. The van der Waals surface area contributed by atoms with Crippen molar-refractivity contribution in [2.75, 3.05) is 46.2 Å². The van der Waals surface area contributed by atoms with Crippen molar-refractivity contribution in [3.63, 3.8) is 0 Å². The van der Waals surface area contributed by atoms with Crippen LogP contribution in [0.5, 0.6) is 0 Å². The Morgan fingerprint density at radius 3 is 2.59 bits per heavy atom. The summed E-state index contributed by atoms with van der Waals surface area (Å²) >= 11 is 0. The van der Waals surface area contributed by atoms with E-state index in [2.05, 4.69) is 13.8 Å². The van der Waals surface area contributed by atoms with Gasteiger partial charge in [-0.1, -0.05) is 0 Å². The second-order valence-electron chi connectivity index (χ2n) is 7.51. The fourth-order valence-electron chi connectivity index (χ4n) is 2.47. The summed E-state index contributed by atoms with van der Waals surface area (Å²) in [4.78, 5) is 39.1. The Kier molecular flexibility index (Phi) is 9.73. The summed E-state index contributed by atoms with van der Waals surface area (Å²) in [6, 6.07) is 1.44. The number of ether oxygens (including phenoxy) is 1. The molecule has 2 N–H and O–H groups in total. The maximum atomic E-state index is 11.8. The van der Waals surface area contributed by atoms with E-state index in [0.717, 1.165) is 0 Å². The van der Waals surface area contributed by atoms with Gasteiger partial charge in [0.25, 0.3) is 7.82 Å². The number of hydrogen-bond acceptors (Lipinski definition) is 10. The van der Waals surface area contributed by atoms with E-state index in [1.165, 1.54) is 16.8 Å². The second kappa shape index (κ2) is 10.5. The first kappa shape index (κ1) is 26.9. The van der Waals surface area contributed by atoms with Crippen LogP contribution in [0.1, 0.15) is 19.1 Å². The minimum atomic E-state index is -5.07. The molecule has 0 saturated carbocycles. The van der Waals surface area contributed by atoms with Gasteiger partial charge in [0.2, 0.25) is 0 Å². The number of hydrogen-bond donors (Lipinski definition) is 1. The smallest absolute Gasteiger partial charge is 0.778 e. The number of phosphoric acid groups is 1. The zero-order valence-electron chi connectivity index (χ0n) is 16.9. The van der Waals surface area contributed by atoms with Gasteiger partial charge in [-0.25, -0.2) is 4.79 Å². The van der Waals surface area contributed by atoms with E-state index in [1.807, 2.05) is 0 Å². The monoisotopic (exact) mass is 462 g/mol. The summed E-state index contributed by atoms with van der Waals surface area (Å²) in [6.45, 7) is -0.248. The van der Waals surface area contributed by atoms with Crippen molar-refractivity contribution in [3.05, 3.63) is 22.7 Å². The Bertz CT molecular complexity index is 846. The van der Waals surface area contributed by atoms with E-state index in [4.69, 9.17) is 10.5 Å². The second-order valence-corrected chi connectivity index (χ2v) is 11.0. The summed E-state index contributed by atoms with van der Waals surface area (Å²) in [5, 5.41) is 0. The molecule has 0 radical (unpaired) electrons.